The van der Waals surface area contributed by atoms with Crippen molar-refractivity contribution in [1.82, 2.24) is 20.0 Å². The number of halogens is 2. The molecule has 0 spiro atoms. The van der Waals surface area contributed by atoms with Crippen LogP contribution in [-0.2, 0) is 6.54 Å². The van der Waals surface area contributed by atoms with E-state index >= 15 is 0 Å². The van der Waals surface area contributed by atoms with Crippen LogP contribution >= 0.6 is 24.0 Å². The zero-order chi connectivity index (χ0) is 18.2. The van der Waals surface area contributed by atoms with Gasteiger partial charge in [-0.25, -0.2) is 4.39 Å². The third-order valence-corrected chi connectivity index (χ3v) is 4.47. The van der Waals surface area contributed by atoms with Gasteiger partial charge in [0, 0.05) is 58.2 Å². The SMILES string of the molecule is CCNC(=NCCCn1cccn1)N1CCN(c2ccccc2F)CC1.I. The Hall–Kier alpha value is -1.84. The van der Waals surface area contributed by atoms with E-state index in [4.69, 9.17) is 4.99 Å². The zero-order valence-electron chi connectivity index (χ0n) is 15.7. The molecule has 1 aliphatic rings. The minimum atomic E-state index is -0.153. The van der Waals surface area contributed by atoms with E-state index in [2.05, 4.69) is 27.1 Å². The summed E-state index contributed by atoms with van der Waals surface area (Å²) in [6.07, 6.45) is 4.71. The van der Waals surface area contributed by atoms with E-state index in [1.165, 1.54) is 6.07 Å². The summed E-state index contributed by atoms with van der Waals surface area (Å²) in [5, 5.41) is 7.58. The molecule has 0 bridgehead atoms. The van der Waals surface area contributed by atoms with Crippen LogP contribution in [0.5, 0.6) is 0 Å². The van der Waals surface area contributed by atoms with Crippen LogP contribution in [0, 0.1) is 5.82 Å². The van der Waals surface area contributed by atoms with Crippen LogP contribution < -0.4 is 10.2 Å². The van der Waals surface area contributed by atoms with Crippen molar-refractivity contribution in [3.8, 4) is 0 Å². The second-order valence-corrected chi connectivity index (χ2v) is 6.28. The molecule has 0 unspecified atom stereocenters. The van der Waals surface area contributed by atoms with Crippen LogP contribution in [0.15, 0.2) is 47.7 Å². The Labute approximate surface area is 177 Å². The highest BCUT2D eigenvalue weighted by molar-refractivity contribution is 14.0. The summed E-state index contributed by atoms with van der Waals surface area (Å²) in [6.45, 7) is 7.79. The Morgan fingerprint density at radius 3 is 2.63 bits per heavy atom. The first kappa shape index (κ1) is 21.5. The number of aliphatic imine (C=N–C) groups is 1. The third kappa shape index (κ3) is 6.08. The molecule has 0 saturated carbocycles. The van der Waals surface area contributed by atoms with Gasteiger partial charge in [0.2, 0.25) is 0 Å². The molecule has 1 aliphatic heterocycles. The van der Waals surface area contributed by atoms with Crippen molar-refractivity contribution in [2.24, 2.45) is 4.99 Å². The van der Waals surface area contributed by atoms with Gasteiger partial charge in [-0.15, -0.1) is 24.0 Å². The lowest BCUT2D eigenvalue weighted by Crippen LogP contribution is -2.52. The minimum Gasteiger partial charge on any atom is -0.366 e. The smallest absolute Gasteiger partial charge is 0.194 e. The van der Waals surface area contributed by atoms with Gasteiger partial charge in [-0.3, -0.25) is 9.67 Å². The van der Waals surface area contributed by atoms with Gasteiger partial charge in [-0.05, 0) is 31.5 Å². The van der Waals surface area contributed by atoms with Gasteiger partial charge < -0.3 is 15.1 Å². The zero-order valence-corrected chi connectivity index (χ0v) is 18.1. The van der Waals surface area contributed by atoms with Crippen LogP contribution in [0.1, 0.15) is 13.3 Å². The topological polar surface area (TPSA) is 48.7 Å². The number of anilines is 1. The number of aryl methyl sites for hydroxylation is 1. The van der Waals surface area contributed by atoms with Crippen LogP contribution in [-0.4, -0.2) is 59.9 Å². The molecule has 27 heavy (non-hydrogen) atoms. The number of hydrogen-bond donors (Lipinski definition) is 1. The number of guanidine groups is 1. The second-order valence-electron chi connectivity index (χ2n) is 6.28. The van der Waals surface area contributed by atoms with E-state index in [1.54, 1.807) is 12.3 Å². The normalized spacial score (nSPS) is 14.8. The van der Waals surface area contributed by atoms with Crippen LogP contribution in [0.3, 0.4) is 0 Å². The average molecular weight is 486 g/mol. The predicted octanol–water partition coefficient (Wildman–Crippen LogP) is 2.82. The Morgan fingerprint density at radius 2 is 1.96 bits per heavy atom. The summed E-state index contributed by atoms with van der Waals surface area (Å²) in [7, 11) is 0. The minimum absolute atomic E-state index is 0. The maximum atomic E-state index is 14.0. The number of aromatic nitrogens is 2. The summed E-state index contributed by atoms with van der Waals surface area (Å²) >= 11 is 0. The molecule has 1 fully saturated rings. The number of hydrogen-bond acceptors (Lipinski definition) is 3. The van der Waals surface area contributed by atoms with Crippen molar-refractivity contribution in [3.63, 3.8) is 0 Å². The third-order valence-electron chi connectivity index (χ3n) is 4.47. The molecular weight excluding hydrogens is 458 g/mol. The average Bonchev–Trinajstić information content (AvgIpc) is 3.18. The number of rotatable bonds is 6. The summed E-state index contributed by atoms with van der Waals surface area (Å²) in [5.41, 5.74) is 0.688. The lowest BCUT2D eigenvalue weighted by atomic mass is 10.2. The molecule has 0 radical (unpaired) electrons. The van der Waals surface area contributed by atoms with Crippen molar-refractivity contribution in [1.29, 1.82) is 0 Å². The van der Waals surface area contributed by atoms with Crippen molar-refractivity contribution >= 4 is 35.6 Å². The highest BCUT2D eigenvalue weighted by Gasteiger charge is 2.21. The van der Waals surface area contributed by atoms with E-state index in [9.17, 15) is 4.39 Å². The largest absolute Gasteiger partial charge is 0.366 e. The maximum absolute atomic E-state index is 14.0. The number of nitrogens with zero attached hydrogens (tertiary/aromatic N) is 5. The highest BCUT2D eigenvalue weighted by Crippen LogP contribution is 2.20. The number of nitrogens with one attached hydrogen (secondary N) is 1. The van der Waals surface area contributed by atoms with Gasteiger partial charge in [0.15, 0.2) is 5.96 Å². The Kier molecular flexibility index (Phi) is 8.83. The van der Waals surface area contributed by atoms with Gasteiger partial charge in [0.05, 0.1) is 5.69 Å². The summed E-state index contributed by atoms with van der Waals surface area (Å²) in [4.78, 5) is 9.11. The second kappa shape index (κ2) is 11.1. The molecule has 1 aromatic carbocycles. The lowest BCUT2D eigenvalue weighted by molar-refractivity contribution is 0.370. The van der Waals surface area contributed by atoms with Gasteiger partial charge in [-0.2, -0.15) is 5.10 Å². The molecule has 1 aromatic heterocycles. The standard InChI is InChI=1S/C19H27FN6.HI/c1-2-21-19(22-9-5-11-26-12-6-10-23-26)25-15-13-24(14-16-25)18-8-4-3-7-17(18)20;/h3-4,6-8,10,12H,2,5,9,11,13-16H2,1H3,(H,21,22);1H. The molecule has 0 aliphatic carbocycles. The van der Waals surface area contributed by atoms with E-state index in [-0.39, 0.29) is 29.8 Å². The number of para-hydroxylation sites is 1. The van der Waals surface area contributed by atoms with Gasteiger partial charge in [0.25, 0.3) is 0 Å². The molecule has 148 valence electrons. The number of piperazine rings is 1. The molecule has 2 heterocycles. The molecule has 8 heteroatoms. The molecule has 0 atom stereocenters. The van der Waals surface area contributed by atoms with E-state index in [0.29, 0.717) is 5.69 Å². The molecule has 1 N–H and O–H groups in total. The molecule has 6 nitrogen and oxygen atoms in total. The summed E-state index contributed by atoms with van der Waals surface area (Å²) in [6, 6.07) is 8.92. The Morgan fingerprint density at radius 1 is 1.19 bits per heavy atom. The molecule has 1 saturated heterocycles. The van der Waals surface area contributed by atoms with Gasteiger partial charge in [-0.1, -0.05) is 12.1 Å². The number of benzene rings is 1. The van der Waals surface area contributed by atoms with Crippen LogP contribution in [0.25, 0.3) is 0 Å². The predicted molar refractivity (Wildman–Crippen MR) is 118 cm³/mol. The first-order valence-electron chi connectivity index (χ1n) is 9.28. The Balaban J connectivity index is 0.00000261. The summed E-state index contributed by atoms with van der Waals surface area (Å²) < 4.78 is 15.9. The molecular formula is C19H28FIN6. The molecule has 2 aromatic rings. The fraction of sp³-hybridized carbons (Fsp3) is 0.474. The van der Waals surface area contributed by atoms with Crippen LogP contribution in [0.4, 0.5) is 10.1 Å². The highest BCUT2D eigenvalue weighted by atomic mass is 127. The maximum Gasteiger partial charge on any atom is 0.194 e. The first-order valence-corrected chi connectivity index (χ1v) is 9.28. The van der Waals surface area contributed by atoms with Crippen molar-refractivity contribution in [2.75, 3.05) is 44.2 Å². The van der Waals surface area contributed by atoms with E-state index in [1.807, 2.05) is 29.1 Å². The molecule has 0 amide bonds. The Bertz CT molecular complexity index is 698. The fourth-order valence-electron chi connectivity index (χ4n) is 3.14. The first-order chi connectivity index (χ1) is 12.8. The summed E-state index contributed by atoms with van der Waals surface area (Å²) in [5.74, 6) is 0.793. The van der Waals surface area contributed by atoms with Gasteiger partial charge in [0.1, 0.15) is 5.82 Å². The van der Waals surface area contributed by atoms with Crippen LogP contribution in [0.2, 0.25) is 0 Å². The van der Waals surface area contributed by atoms with E-state index in [0.717, 1.165) is 58.2 Å². The van der Waals surface area contributed by atoms with E-state index < -0.39 is 0 Å². The van der Waals surface area contributed by atoms with Crippen molar-refractivity contribution in [3.05, 3.63) is 48.5 Å². The molecule has 3 rings (SSSR count). The van der Waals surface area contributed by atoms with Gasteiger partial charge >= 0.3 is 0 Å². The quantitative estimate of drug-likeness (QED) is 0.296. The lowest BCUT2D eigenvalue weighted by Gasteiger charge is -2.37. The van der Waals surface area contributed by atoms with Crippen molar-refractivity contribution < 1.29 is 4.39 Å². The monoisotopic (exact) mass is 486 g/mol. The fourth-order valence-corrected chi connectivity index (χ4v) is 3.14. The van der Waals surface area contributed by atoms with Crippen molar-refractivity contribution in [2.45, 2.75) is 19.9 Å².